The van der Waals surface area contributed by atoms with Crippen molar-refractivity contribution in [2.75, 3.05) is 0 Å². The highest BCUT2D eigenvalue weighted by molar-refractivity contribution is 4.93. The molecule has 0 aliphatic heterocycles. The Morgan fingerprint density at radius 1 is 1.11 bits per heavy atom. The quantitative estimate of drug-likeness (QED) is 0.759. The van der Waals surface area contributed by atoms with Crippen molar-refractivity contribution >= 4 is 0 Å². The molecule has 2 fully saturated rings. The van der Waals surface area contributed by atoms with E-state index in [1.54, 1.807) is 0 Å². The van der Waals surface area contributed by atoms with E-state index in [4.69, 9.17) is 0 Å². The van der Waals surface area contributed by atoms with Crippen LogP contribution in [0.5, 0.6) is 0 Å². The summed E-state index contributed by atoms with van der Waals surface area (Å²) in [4.78, 5) is 0. The van der Waals surface area contributed by atoms with Crippen LogP contribution in [0.4, 0.5) is 0 Å². The van der Waals surface area contributed by atoms with Crippen LogP contribution < -0.4 is 5.32 Å². The first kappa shape index (κ1) is 14.4. The van der Waals surface area contributed by atoms with Gasteiger partial charge in [0.2, 0.25) is 0 Å². The standard InChI is InChI=1S/C17H33N/c1-13(2)11-14-7-5-8-15(12-14)18-16-9-6-10-17(16,3)4/h13-16,18H,5-12H2,1-4H3. The van der Waals surface area contributed by atoms with Crippen LogP contribution in [-0.4, -0.2) is 12.1 Å². The van der Waals surface area contributed by atoms with Gasteiger partial charge in [-0.05, 0) is 49.4 Å². The second kappa shape index (κ2) is 5.94. The highest BCUT2D eigenvalue weighted by atomic mass is 15.0. The lowest BCUT2D eigenvalue weighted by Gasteiger charge is -2.36. The summed E-state index contributed by atoms with van der Waals surface area (Å²) < 4.78 is 0. The minimum atomic E-state index is 0.533. The van der Waals surface area contributed by atoms with Gasteiger partial charge in [0.05, 0.1) is 0 Å². The zero-order valence-corrected chi connectivity index (χ0v) is 13.0. The molecule has 0 spiro atoms. The van der Waals surface area contributed by atoms with E-state index in [1.165, 1.54) is 51.4 Å². The van der Waals surface area contributed by atoms with Crippen LogP contribution in [0.2, 0.25) is 0 Å². The lowest BCUT2D eigenvalue weighted by atomic mass is 9.79. The van der Waals surface area contributed by atoms with Crippen LogP contribution in [0.1, 0.15) is 79.1 Å². The van der Waals surface area contributed by atoms with Gasteiger partial charge in [0, 0.05) is 12.1 Å². The predicted octanol–water partition coefficient (Wildman–Crippen LogP) is 4.76. The Labute approximate surface area is 114 Å². The van der Waals surface area contributed by atoms with Crippen molar-refractivity contribution in [1.29, 1.82) is 0 Å². The van der Waals surface area contributed by atoms with E-state index in [0.29, 0.717) is 5.41 Å². The molecule has 1 heteroatoms. The minimum Gasteiger partial charge on any atom is -0.311 e. The summed E-state index contributed by atoms with van der Waals surface area (Å²) >= 11 is 0. The van der Waals surface area contributed by atoms with E-state index in [1.807, 2.05) is 0 Å². The molecule has 2 aliphatic rings. The van der Waals surface area contributed by atoms with Gasteiger partial charge in [0.1, 0.15) is 0 Å². The van der Waals surface area contributed by atoms with Crippen molar-refractivity contribution in [3.8, 4) is 0 Å². The van der Waals surface area contributed by atoms with Gasteiger partial charge in [0.25, 0.3) is 0 Å². The second-order valence-corrected chi connectivity index (χ2v) is 7.96. The molecule has 0 aromatic carbocycles. The summed E-state index contributed by atoms with van der Waals surface area (Å²) in [6.45, 7) is 9.65. The number of nitrogens with one attached hydrogen (secondary N) is 1. The molecule has 2 rings (SSSR count). The number of hydrogen-bond donors (Lipinski definition) is 1. The smallest absolute Gasteiger partial charge is 0.0121 e. The fourth-order valence-corrected chi connectivity index (χ4v) is 4.24. The Morgan fingerprint density at radius 2 is 1.89 bits per heavy atom. The van der Waals surface area contributed by atoms with Crippen molar-refractivity contribution in [2.45, 2.75) is 91.1 Å². The summed E-state index contributed by atoms with van der Waals surface area (Å²) in [6.07, 6.45) is 11.4. The fraction of sp³-hybridized carbons (Fsp3) is 1.00. The van der Waals surface area contributed by atoms with Gasteiger partial charge in [-0.3, -0.25) is 0 Å². The van der Waals surface area contributed by atoms with Crippen molar-refractivity contribution in [3.05, 3.63) is 0 Å². The maximum Gasteiger partial charge on any atom is 0.0121 e. The molecule has 0 aromatic heterocycles. The Morgan fingerprint density at radius 3 is 2.50 bits per heavy atom. The van der Waals surface area contributed by atoms with Gasteiger partial charge in [0.15, 0.2) is 0 Å². The molecule has 0 aromatic rings. The molecule has 0 radical (unpaired) electrons. The third-order valence-corrected chi connectivity index (χ3v) is 5.28. The van der Waals surface area contributed by atoms with E-state index in [2.05, 4.69) is 33.0 Å². The maximum absolute atomic E-state index is 4.01. The summed E-state index contributed by atoms with van der Waals surface area (Å²) in [5.41, 5.74) is 0.533. The molecule has 1 N–H and O–H groups in total. The summed E-state index contributed by atoms with van der Waals surface area (Å²) in [7, 11) is 0. The van der Waals surface area contributed by atoms with Crippen LogP contribution >= 0.6 is 0 Å². The van der Waals surface area contributed by atoms with Crippen molar-refractivity contribution < 1.29 is 0 Å². The van der Waals surface area contributed by atoms with Crippen molar-refractivity contribution in [1.82, 2.24) is 5.32 Å². The van der Waals surface area contributed by atoms with Crippen LogP contribution in [0.3, 0.4) is 0 Å². The Kier molecular flexibility index (Phi) is 4.75. The van der Waals surface area contributed by atoms with Gasteiger partial charge >= 0.3 is 0 Å². The van der Waals surface area contributed by atoms with E-state index in [9.17, 15) is 0 Å². The average Bonchev–Trinajstić information content (AvgIpc) is 2.58. The first-order valence-electron chi connectivity index (χ1n) is 8.23. The maximum atomic E-state index is 4.01. The Balaban J connectivity index is 1.82. The topological polar surface area (TPSA) is 12.0 Å². The molecule has 106 valence electrons. The lowest BCUT2D eigenvalue weighted by molar-refractivity contribution is 0.200. The molecule has 0 bridgehead atoms. The van der Waals surface area contributed by atoms with E-state index in [-0.39, 0.29) is 0 Å². The molecule has 18 heavy (non-hydrogen) atoms. The number of hydrogen-bond acceptors (Lipinski definition) is 1. The Bertz CT molecular complexity index is 256. The molecule has 1 nitrogen and oxygen atoms in total. The first-order chi connectivity index (χ1) is 8.47. The first-order valence-corrected chi connectivity index (χ1v) is 8.23. The van der Waals surface area contributed by atoms with Crippen LogP contribution in [0, 0.1) is 17.3 Å². The molecular weight excluding hydrogens is 218 g/mol. The largest absolute Gasteiger partial charge is 0.311 e. The average molecular weight is 251 g/mol. The van der Waals surface area contributed by atoms with Crippen LogP contribution in [-0.2, 0) is 0 Å². The van der Waals surface area contributed by atoms with E-state index in [0.717, 1.165) is 23.9 Å². The third-order valence-electron chi connectivity index (χ3n) is 5.28. The summed E-state index contributed by atoms with van der Waals surface area (Å²) in [6, 6.07) is 1.59. The minimum absolute atomic E-state index is 0.533. The number of rotatable bonds is 4. The van der Waals surface area contributed by atoms with Crippen LogP contribution in [0.25, 0.3) is 0 Å². The van der Waals surface area contributed by atoms with Gasteiger partial charge in [-0.25, -0.2) is 0 Å². The van der Waals surface area contributed by atoms with Crippen LogP contribution in [0.15, 0.2) is 0 Å². The molecule has 0 heterocycles. The summed E-state index contributed by atoms with van der Waals surface area (Å²) in [5, 5.41) is 4.01. The highest BCUT2D eigenvalue weighted by Gasteiger charge is 2.36. The molecule has 3 atom stereocenters. The molecule has 0 amide bonds. The van der Waals surface area contributed by atoms with Gasteiger partial charge < -0.3 is 5.32 Å². The van der Waals surface area contributed by atoms with Crippen molar-refractivity contribution in [2.24, 2.45) is 17.3 Å². The SMILES string of the molecule is CC(C)CC1CCCC(NC2CCCC2(C)C)C1. The van der Waals surface area contributed by atoms with E-state index < -0.39 is 0 Å². The lowest BCUT2D eigenvalue weighted by Crippen LogP contribution is -2.45. The van der Waals surface area contributed by atoms with Gasteiger partial charge in [-0.2, -0.15) is 0 Å². The molecule has 0 saturated heterocycles. The van der Waals surface area contributed by atoms with Gasteiger partial charge in [-0.1, -0.05) is 47.0 Å². The second-order valence-electron chi connectivity index (χ2n) is 7.96. The predicted molar refractivity (Wildman–Crippen MR) is 79.8 cm³/mol. The Hall–Kier alpha value is -0.0400. The zero-order valence-electron chi connectivity index (χ0n) is 13.0. The highest BCUT2D eigenvalue weighted by Crippen LogP contribution is 2.39. The molecule has 2 saturated carbocycles. The van der Waals surface area contributed by atoms with Crippen molar-refractivity contribution in [3.63, 3.8) is 0 Å². The zero-order chi connectivity index (χ0) is 13.2. The van der Waals surface area contributed by atoms with Gasteiger partial charge in [-0.15, -0.1) is 0 Å². The molecule has 3 unspecified atom stereocenters. The fourth-order valence-electron chi connectivity index (χ4n) is 4.24. The summed E-state index contributed by atoms with van der Waals surface area (Å²) in [5.74, 6) is 1.86. The normalized spacial score (nSPS) is 36.2. The molecular formula is C17H33N. The third kappa shape index (κ3) is 3.73. The molecule has 2 aliphatic carbocycles. The monoisotopic (exact) mass is 251 g/mol. The van der Waals surface area contributed by atoms with E-state index >= 15 is 0 Å².